The van der Waals surface area contributed by atoms with Gasteiger partial charge in [-0.3, -0.25) is 4.40 Å². The average molecular weight is 277 g/mol. The lowest BCUT2D eigenvalue weighted by atomic mass is 9.76. The summed E-state index contributed by atoms with van der Waals surface area (Å²) in [7, 11) is 0. The van der Waals surface area contributed by atoms with Crippen molar-refractivity contribution in [3.63, 3.8) is 0 Å². The number of hydrogen-bond donors (Lipinski definition) is 1. The van der Waals surface area contributed by atoms with E-state index >= 15 is 0 Å². The van der Waals surface area contributed by atoms with Crippen molar-refractivity contribution in [1.82, 2.24) is 14.7 Å². The van der Waals surface area contributed by atoms with Crippen molar-refractivity contribution in [1.29, 1.82) is 0 Å². The number of imidazole rings is 1. The smallest absolute Gasteiger partial charge is 0.193 e. The molecule has 0 amide bonds. The number of nitrogens with zero attached hydrogens (tertiary/aromatic N) is 2. The van der Waals surface area contributed by atoms with Crippen LogP contribution in [0, 0.1) is 11.8 Å². The molecule has 3 rings (SSSR count). The van der Waals surface area contributed by atoms with Gasteiger partial charge in [-0.2, -0.15) is 0 Å². The second-order valence-corrected chi connectivity index (χ2v) is 6.74. The molecule has 0 bridgehead atoms. The highest BCUT2D eigenvalue weighted by molar-refractivity contribution is 7.15. The second kappa shape index (κ2) is 5.63. The highest BCUT2D eigenvalue weighted by Gasteiger charge is 2.28. The molecule has 0 spiro atoms. The fraction of sp³-hybridized carbons (Fsp3) is 0.667. The summed E-state index contributed by atoms with van der Waals surface area (Å²) in [6, 6.07) is 0.681. The summed E-state index contributed by atoms with van der Waals surface area (Å²) in [5.74, 6) is 1.61. The van der Waals surface area contributed by atoms with Crippen molar-refractivity contribution >= 4 is 16.3 Å². The zero-order valence-corrected chi connectivity index (χ0v) is 12.6. The standard InChI is InChI=1S/C15H23N3S/c1-3-16-14-5-4-11(2)8-12(14)9-13-10-18-6-7-19-15(18)17-13/h6-7,10-12,14,16H,3-5,8-9H2,1-2H3. The molecule has 0 saturated heterocycles. The van der Waals surface area contributed by atoms with Gasteiger partial charge in [0.15, 0.2) is 4.96 Å². The van der Waals surface area contributed by atoms with Crippen molar-refractivity contribution in [3.05, 3.63) is 23.5 Å². The minimum atomic E-state index is 0.681. The third kappa shape index (κ3) is 2.84. The van der Waals surface area contributed by atoms with Crippen LogP contribution >= 0.6 is 11.3 Å². The van der Waals surface area contributed by atoms with Gasteiger partial charge in [0.1, 0.15) is 0 Å². The highest BCUT2D eigenvalue weighted by atomic mass is 32.1. The molecule has 4 heteroatoms. The Bertz CT molecular complexity index is 502. The maximum atomic E-state index is 4.74. The van der Waals surface area contributed by atoms with Crippen molar-refractivity contribution in [2.24, 2.45) is 11.8 Å². The number of aromatic nitrogens is 2. The lowest BCUT2D eigenvalue weighted by Crippen LogP contribution is -2.41. The first-order valence-corrected chi connectivity index (χ1v) is 8.28. The van der Waals surface area contributed by atoms with Crippen molar-refractivity contribution < 1.29 is 0 Å². The molecule has 3 unspecified atom stereocenters. The van der Waals surface area contributed by atoms with Crippen LogP contribution in [0.1, 0.15) is 38.8 Å². The van der Waals surface area contributed by atoms with Crippen LogP contribution in [0.5, 0.6) is 0 Å². The molecule has 2 heterocycles. The van der Waals surface area contributed by atoms with Crippen LogP contribution in [-0.4, -0.2) is 22.0 Å². The molecule has 2 aromatic heterocycles. The zero-order valence-electron chi connectivity index (χ0n) is 11.8. The van der Waals surface area contributed by atoms with E-state index in [9.17, 15) is 0 Å². The van der Waals surface area contributed by atoms with E-state index in [2.05, 4.69) is 41.3 Å². The minimum absolute atomic E-state index is 0.681. The van der Waals surface area contributed by atoms with Crippen LogP contribution in [0.4, 0.5) is 0 Å². The first kappa shape index (κ1) is 13.1. The quantitative estimate of drug-likeness (QED) is 0.928. The van der Waals surface area contributed by atoms with Crippen molar-refractivity contribution in [2.75, 3.05) is 6.54 Å². The Balaban J connectivity index is 1.73. The highest BCUT2D eigenvalue weighted by Crippen LogP contribution is 2.31. The molecular weight excluding hydrogens is 254 g/mol. The molecule has 1 fully saturated rings. The molecule has 104 valence electrons. The van der Waals surface area contributed by atoms with Crippen LogP contribution in [0.2, 0.25) is 0 Å². The van der Waals surface area contributed by atoms with Gasteiger partial charge in [-0.15, -0.1) is 11.3 Å². The van der Waals surface area contributed by atoms with E-state index in [-0.39, 0.29) is 0 Å². The van der Waals surface area contributed by atoms with Gasteiger partial charge in [-0.25, -0.2) is 4.98 Å². The van der Waals surface area contributed by atoms with Crippen LogP contribution in [-0.2, 0) is 6.42 Å². The number of hydrogen-bond acceptors (Lipinski definition) is 3. The maximum absolute atomic E-state index is 4.74. The predicted octanol–water partition coefficient (Wildman–Crippen LogP) is 3.35. The first-order valence-electron chi connectivity index (χ1n) is 7.40. The van der Waals surface area contributed by atoms with Gasteiger partial charge >= 0.3 is 0 Å². The van der Waals surface area contributed by atoms with Crippen molar-refractivity contribution in [3.8, 4) is 0 Å². The average Bonchev–Trinajstić information content (AvgIpc) is 2.93. The van der Waals surface area contributed by atoms with Gasteiger partial charge in [0, 0.05) is 23.8 Å². The Morgan fingerprint density at radius 1 is 1.47 bits per heavy atom. The van der Waals surface area contributed by atoms with E-state index in [4.69, 9.17) is 4.98 Å². The molecule has 0 aliphatic heterocycles. The summed E-state index contributed by atoms with van der Waals surface area (Å²) in [5.41, 5.74) is 1.26. The van der Waals surface area contributed by atoms with Crippen LogP contribution in [0.15, 0.2) is 17.8 Å². The second-order valence-electron chi connectivity index (χ2n) is 5.87. The SMILES string of the molecule is CCNC1CCC(C)CC1Cc1cn2ccsc2n1. The molecule has 1 N–H and O–H groups in total. The summed E-state index contributed by atoms with van der Waals surface area (Å²) in [6.07, 6.45) is 9.45. The Morgan fingerprint density at radius 2 is 2.37 bits per heavy atom. The summed E-state index contributed by atoms with van der Waals surface area (Å²) in [6.45, 7) is 5.68. The fourth-order valence-corrected chi connectivity index (χ4v) is 4.12. The van der Waals surface area contributed by atoms with Gasteiger partial charge < -0.3 is 5.32 Å². The van der Waals surface area contributed by atoms with Crippen LogP contribution in [0.25, 0.3) is 4.96 Å². The van der Waals surface area contributed by atoms with E-state index in [1.165, 1.54) is 25.0 Å². The monoisotopic (exact) mass is 277 g/mol. The van der Waals surface area contributed by atoms with Crippen LogP contribution in [0.3, 0.4) is 0 Å². The zero-order chi connectivity index (χ0) is 13.2. The lowest BCUT2D eigenvalue weighted by Gasteiger charge is -2.35. The third-order valence-electron chi connectivity index (χ3n) is 4.33. The largest absolute Gasteiger partial charge is 0.314 e. The Kier molecular flexibility index (Phi) is 3.89. The molecule has 2 aromatic rings. The van der Waals surface area contributed by atoms with E-state index in [1.807, 2.05) is 0 Å². The van der Waals surface area contributed by atoms with Crippen LogP contribution < -0.4 is 5.32 Å². The Morgan fingerprint density at radius 3 is 3.16 bits per heavy atom. The molecule has 1 aliphatic rings. The molecule has 1 saturated carbocycles. The Hall–Kier alpha value is -0.870. The minimum Gasteiger partial charge on any atom is -0.314 e. The molecule has 3 nitrogen and oxygen atoms in total. The molecule has 1 aliphatic carbocycles. The topological polar surface area (TPSA) is 29.3 Å². The van der Waals surface area contributed by atoms with E-state index in [1.54, 1.807) is 11.3 Å². The number of nitrogens with one attached hydrogen (secondary N) is 1. The third-order valence-corrected chi connectivity index (χ3v) is 5.10. The van der Waals surface area contributed by atoms with Gasteiger partial charge in [-0.05, 0) is 44.1 Å². The Labute approximate surface area is 119 Å². The molecular formula is C15H23N3S. The van der Waals surface area contributed by atoms with Gasteiger partial charge in [-0.1, -0.05) is 13.8 Å². The maximum Gasteiger partial charge on any atom is 0.193 e. The van der Waals surface area contributed by atoms with Gasteiger partial charge in [0.05, 0.1) is 5.69 Å². The molecule has 0 radical (unpaired) electrons. The summed E-state index contributed by atoms with van der Waals surface area (Å²) < 4.78 is 2.15. The van der Waals surface area contributed by atoms with E-state index < -0.39 is 0 Å². The first-order chi connectivity index (χ1) is 9.26. The molecule has 3 atom stereocenters. The number of fused-ring (bicyclic) bond motifs is 1. The van der Waals surface area contributed by atoms with E-state index in [0.717, 1.165) is 29.8 Å². The lowest BCUT2D eigenvalue weighted by molar-refractivity contribution is 0.213. The number of thiazole rings is 1. The van der Waals surface area contributed by atoms with Gasteiger partial charge in [0.25, 0.3) is 0 Å². The summed E-state index contributed by atoms with van der Waals surface area (Å²) >= 11 is 1.72. The molecule has 19 heavy (non-hydrogen) atoms. The number of rotatable bonds is 4. The normalized spacial score (nSPS) is 28.0. The van der Waals surface area contributed by atoms with E-state index in [0.29, 0.717) is 6.04 Å². The summed E-state index contributed by atoms with van der Waals surface area (Å²) in [5, 5.41) is 5.76. The predicted molar refractivity (Wildman–Crippen MR) is 80.7 cm³/mol. The summed E-state index contributed by atoms with van der Waals surface area (Å²) in [4.78, 5) is 5.86. The van der Waals surface area contributed by atoms with Crippen molar-refractivity contribution in [2.45, 2.75) is 45.6 Å². The fourth-order valence-electron chi connectivity index (χ4n) is 3.40. The molecule has 0 aromatic carbocycles. The van der Waals surface area contributed by atoms with Gasteiger partial charge in [0.2, 0.25) is 0 Å².